The lowest BCUT2D eigenvalue weighted by Crippen LogP contribution is -2.40. The Bertz CT molecular complexity index is 348. The lowest BCUT2D eigenvalue weighted by Gasteiger charge is -2.26. The summed E-state index contributed by atoms with van der Waals surface area (Å²) < 4.78 is 0. The molecule has 1 fully saturated rings. The molecule has 2 aliphatic rings. The van der Waals surface area contributed by atoms with Crippen LogP contribution in [0.25, 0.3) is 0 Å². The van der Waals surface area contributed by atoms with Crippen LogP contribution in [0.4, 0.5) is 0 Å². The van der Waals surface area contributed by atoms with Crippen molar-refractivity contribution in [3.05, 3.63) is 23.9 Å². The zero-order valence-electron chi connectivity index (χ0n) is 10.8. The molecule has 0 unspecified atom stereocenters. The molecular weight excluding hydrogens is 230 g/mol. The van der Waals surface area contributed by atoms with E-state index >= 15 is 0 Å². The van der Waals surface area contributed by atoms with Gasteiger partial charge in [0, 0.05) is 18.8 Å². The van der Waals surface area contributed by atoms with Gasteiger partial charge in [-0.15, -0.1) is 0 Å². The molecule has 2 N–H and O–H groups in total. The molecule has 0 aromatic rings. The molecule has 1 aliphatic heterocycles. The van der Waals surface area contributed by atoms with Gasteiger partial charge in [0.25, 0.3) is 5.91 Å². The van der Waals surface area contributed by atoms with Crippen LogP contribution >= 0.6 is 0 Å². The summed E-state index contributed by atoms with van der Waals surface area (Å²) in [5, 5.41) is 7.81. The van der Waals surface area contributed by atoms with Crippen molar-refractivity contribution >= 4 is 5.91 Å². The normalized spacial score (nSPS) is 20.1. The molecule has 5 nitrogen and oxygen atoms in total. The highest BCUT2D eigenvalue weighted by molar-refractivity contribution is 5.96. The molecule has 0 aromatic carbocycles. The molecule has 0 aromatic heterocycles. The molecule has 0 radical (unpaired) electrons. The molecule has 0 spiro atoms. The van der Waals surface area contributed by atoms with E-state index in [1.54, 1.807) is 11.3 Å². The molecule has 5 heteroatoms. The van der Waals surface area contributed by atoms with E-state index in [-0.39, 0.29) is 5.91 Å². The molecular formula is C13H21N3O2. The average molecular weight is 251 g/mol. The van der Waals surface area contributed by atoms with Crippen molar-refractivity contribution in [3.63, 3.8) is 0 Å². The monoisotopic (exact) mass is 251 g/mol. The molecule has 18 heavy (non-hydrogen) atoms. The molecule has 0 atom stereocenters. The summed E-state index contributed by atoms with van der Waals surface area (Å²) in [6.45, 7) is 2.03. The summed E-state index contributed by atoms with van der Waals surface area (Å²) in [5.74, 6) is -0.00379. The van der Waals surface area contributed by atoms with E-state index in [1.165, 1.54) is 6.42 Å². The maximum atomic E-state index is 12.0. The number of nitrogens with one attached hydrogen (secondary N) is 2. The first kappa shape index (κ1) is 13.1. The van der Waals surface area contributed by atoms with Gasteiger partial charge in [-0.25, -0.2) is 0 Å². The zero-order chi connectivity index (χ0) is 12.8. The number of hydroxylamine groups is 2. The van der Waals surface area contributed by atoms with Crippen molar-refractivity contribution in [2.24, 2.45) is 0 Å². The largest absolute Gasteiger partial charge is 0.349 e. The van der Waals surface area contributed by atoms with E-state index in [9.17, 15) is 4.79 Å². The van der Waals surface area contributed by atoms with E-state index in [1.807, 2.05) is 19.2 Å². The quantitative estimate of drug-likeness (QED) is 0.750. The second-order valence-corrected chi connectivity index (χ2v) is 4.63. The van der Waals surface area contributed by atoms with Crippen LogP contribution in [0.1, 0.15) is 19.3 Å². The third-order valence-corrected chi connectivity index (χ3v) is 3.20. The molecule has 1 saturated carbocycles. The maximum Gasteiger partial charge on any atom is 0.253 e. The van der Waals surface area contributed by atoms with Crippen LogP contribution in [0, 0.1) is 0 Å². The highest BCUT2D eigenvalue weighted by atomic mass is 16.7. The van der Waals surface area contributed by atoms with Crippen molar-refractivity contribution < 1.29 is 9.63 Å². The summed E-state index contributed by atoms with van der Waals surface area (Å²) in [4.78, 5) is 17.5. The van der Waals surface area contributed by atoms with Gasteiger partial charge in [0.05, 0.1) is 18.7 Å². The number of carbonyl (C=O) groups is 1. The number of hydrogen-bond donors (Lipinski definition) is 2. The van der Waals surface area contributed by atoms with Gasteiger partial charge in [0.2, 0.25) is 0 Å². The van der Waals surface area contributed by atoms with Crippen LogP contribution in [-0.4, -0.2) is 43.8 Å². The Morgan fingerprint density at radius 1 is 1.56 bits per heavy atom. The van der Waals surface area contributed by atoms with Crippen LogP contribution in [0.3, 0.4) is 0 Å². The van der Waals surface area contributed by atoms with Crippen LogP contribution in [-0.2, 0) is 9.63 Å². The predicted octanol–water partition coefficient (Wildman–Crippen LogP) is 0.562. The average Bonchev–Trinajstić information content (AvgIpc) is 2.56. The van der Waals surface area contributed by atoms with Gasteiger partial charge < -0.3 is 10.6 Å². The number of carbonyl (C=O) groups excluding carboxylic acids is 1. The highest BCUT2D eigenvalue weighted by Crippen LogP contribution is 2.19. The maximum absolute atomic E-state index is 12.0. The van der Waals surface area contributed by atoms with Crippen molar-refractivity contribution in [2.45, 2.75) is 25.3 Å². The highest BCUT2D eigenvalue weighted by Gasteiger charge is 2.21. The fourth-order valence-corrected chi connectivity index (χ4v) is 1.86. The first-order chi connectivity index (χ1) is 8.79. The van der Waals surface area contributed by atoms with Gasteiger partial charge in [0.15, 0.2) is 0 Å². The van der Waals surface area contributed by atoms with E-state index < -0.39 is 0 Å². The fraction of sp³-hybridized carbons (Fsp3) is 0.615. The van der Waals surface area contributed by atoms with Gasteiger partial charge >= 0.3 is 0 Å². The van der Waals surface area contributed by atoms with E-state index in [2.05, 4.69) is 10.6 Å². The summed E-state index contributed by atoms with van der Waals surface area (Å²) in [6, 6.07) is 0.363. The van der Waals surface area contributed by atoms with Gasteiger partial charge in [-0.1, -0.05) is 6.08 Å². The van der Waals surface area contributed by atoms with Crippen molar-refractivity contribution in [3.8, 4) is 0 Å². The molecule has 1 amide bonds. The number of rotatable bonds is 5. The SMILES string of the molecule is CNCCN1C=C(C(=O)NC2CCC2)C=CCO1. The molecule has 0 bridgehead atoms. The minimum absolute atomic E-state index is 0.00379. The topological polar surface area (TPSA) is 53.6 Å². The minimum atomic E-state index is -0.00379. The van der Waals surface area contributed by atoms with Crippen LogP contribution in [0.15, 0.2) is 23.9 Å². The molecule has 1 heterocycles. The van der Waals surface area contributed by atoms with Crippen LogP contribution < -0.4 is 10.6 Å². The summed E-state index contributed by atoms with van der Waals surface area (Å²) >= 11 is 0. The number of likely N-dealkylation sites (N-methyl/N-ethyl adjacent to an activating group) is 1. The Labute approximate surface area is 108 Å². The van der Waals surface area contributed by atoms with Crippen molar-refractivity contribution in [2.75, 3.05) is 26.7 Å². The first-order valence-electron chi connectivity index (χ1n) is 6.53. The summed E-state index contributed by atoms with van der Waals surface area (Å²) in [7, 11) is 1.89. The summed E-state index contributed by atoms with van der Waals surface area (Å²) in [6.07, 6.45) is 8.89. The Hall–Kier alpha value is -1.33. The Morgan fingerprint density at radius 3 is 3.06 bits per heavy atom. The number of hydrogen-bond acceptors (Lipinski definition) is 4. The number of nitrogens with zero attached hydrogens (tertiary/aromatic N) is 1. The molecule has 0 saturated heterocycles. The second kappa shape index (κ2) is 6.56. The standard InChI is InChI=1S/C13H21N3O2/c1-14-7-8-16-10-11(4-3-9-18-16)13(17)15-12-5-2-6-12/h3-4,10,12,14H,2,5-9H2,1H3,(H,15,17). The fourth-order valence-electron chi connectivity index (χ4n) is 1.86. The van der Waals surface area contributed by atoms with Crippen molar-refractivity contribution in [1.82, 2.24) is 15.7 Å². The van der Waals surface area contributed by atoms with E-state index in [4.69, 9.17) is 4.84 Å². The zero-order valence-corrected chi connectivity index (χ0v) is 10.8. The van der Waals surface area contributed by atoms with Crippen LogP contribution in [0.2, 0.25) is 0 Å². The lowest BCUT2D eigenvalue weighted by atomic mass is 9.93. The third-order valence-electron chi connectivity index (χ3n) is 3.20. The summed E-state index contributed by atoms with van der Waals surface area (Å²) in [5.41, 5.74) is 0.663. The van der Waals surface area contributed by atoms with Crippen LogP contribution in [0.5, 0.6) is 0 Å². The predicted molar refractivity (Wildman–Crippen MR) is 69.6 cm³/mol. The molecule has 2 rings (SSSR count). The Kier molecular flexibility index (Phi) is 4.78. The van der Waals surface area contributed by atoms with Crippen molar-refractivity contribution in [1.29, 1.82) is 0 Å². The van der Waals surface area contributed by atoms with Gasteiger partial charge in [0.1, 0.15) is 0 Å². The van der Waals surface area contributed by atoms with Gasteiger partial charge in [-0.2, -0.15) is 0 Å². The minimum Gasteiger partial charge on any atom is -0.349 e. The Morgan fingerprint density at radius 2 is 2.39 bits per heavy atom. The first-order valence-corrected chi connectivity index (χ1v) is 6.53. The second-order valence-electron chi connectivity index (χ2n) is 4.63. The van der Waals surface area contributed by atoms with E-state index in [0.29, 0.717) is 18.2 Å². The van der Waals surface area contributed by atoms with E-state index in [0.717, 1.165) is 25.9 Å². The van der Waals surface area contributed by atoms with Gasteiger partial charge in [-0.05, 0) is 32.4 Å². The molecule has 1 aliphatic carbocycles. The number of amides is 1. The molecule has 100 valence electrons. The lowest BCUT2D eigenvalue weighted by molar-refractivity contribution is -0.120. The Balaban J connectivity index is 1.93. The smallest absolute Gasteiger partial charge is 0.253 e. The third kappa shape index (κ3) is 3.58. The van der Waals surface area contributed by atoms with Gasteiger partial charge in [-0.3, -0.25) is 14.7 Å².